The molecule has 0 bridgehead atoms. The van der Waals surface area contributed by atoms with Gasteiger partial charge in [-0.05, 0) is 26.4 Å². The lowest BCUT2D eigenvalue weighted by atomic mass is 10.2. The highest BCUT2D eigenvalue weighted by Crippen LogP contribution is 2.10. The quantitative estimate of drug-likeness (QED) is 0.684. The van der Waals surface area contributed by atoms with Crippen LogP contribution in [0.25, 0.3) is 0 Å². The summed E-state index contributed by atoms with van der Waals surface area (Å²) in [5.74, 6) is 0. The van der Waals surface area contributed by atoms with Crippen LogP contribution in [-0.2, 0) is 4.74 Å². The van der Waals surface area contributed by atoms with Crippen molar-refractivity contribution in [2.24, 2.45) is 0 Å². The maximum absolute atomic E-state index is 5.30. The van der Waals surface area contributed by atoms with Crippen LogP contribution in [0.15, 0.2) is 0 Å². The second-order valence-electron chi connectivity index (χ2n) is 3.96. The highest BCUT2D eigenvalue weighted by molar-refractivity contribution is 4.83. The highest BCUT2D eigenvalue weighted by Gasteiger charge is 2.24. The van der Waals surface area contributed by atoms with E-state index in [1.165, 1.54) is 13.0 Å². The number of rotatable bonds is 5. The summed E-state index contributed by atoms with van der Waals surface area (Å²) >= 11 is 0. The van der Waals surface area contributed by atoms with Gasteiger partial charge in [-0.15, -0.1) is 0 Å². The molecule has 0 aliphatic carbocycles. The Morgan fingerprint density at radius 2 is 2.31 bits per heavy atom. The molecular weight excluding hydrogens is 164 g/mol. The van der Waals surface area contributed by atoms with Gasteiger partial charge >= 0.3 is 0 Å². The molecule has 1 N–H and O–H groups in total. The maximum Gasteiger partial charge on any atom is 0.0711 e. The molecule has 1 aliphatic heterocycles. The Balaban J connectivity index is 2.16. The van der Waals surface area contributed by atoms with E-state index < -0.39 is 0 Å². The van der Waals surface area contributed by atoms with Crippen molar-refractivity contribution in [3.8, 4) is 0 Å². The summed E-state index contributed by atoms with van der Waals surface area (Å²) in [6, 6.07) is 0.626. The van der Waals surface area contributed by atoms with E-state index in [4.69, 9.17) is 4.74 Å². The van der Waals surface area contributed by atoms with Crippen molar-refractivity contribution >= 4 is 0 Å². The van der Waals surface area contributed by atoms with Crippen LogP contribution in [0.5, 0.6) is 0 Å². The lowest BCUT2D eigenvalue weighted by Gasteiger charge is -2.20. The fourth-order valence-corrected chi connectivity index (χ4v) is 1.95. The van der Waals surface area contributed by atoms with Crippen LogP contribution in [0.1, 0.15) is 19.8 Å². The Hall–Kier alpha value is -0.120. The van der Waals surface area contributed by atoms with Crippen LogP contribution < -0.4 is 5.32 Å². The summed E-state index contributed by atoms with van der Waals surface area (Å²) in [6.07, 6.45) is 2.82. The molecule has 3 heteroatoms. The number of hydrogen-bond donors (Lipinski definition) is 1. The van der Waals surface area contributed by atoms with E-state index in [2.05, 4.69) is 24.2 Å². The zero-order valence-electron chi connectivity index (χ0n) is 9.05. The molecule has 1 fully saturated rings. The molecule has 2 unspecified atom stereocenters. The third kappa shape index (κ3) is 3.63. The lowest BCUT2D eigenvalue weighted by Crippen LogP contribution is -2.35. The normalized spacial score (nSPS) is 28.6. The van der Waals surface area contributed by atoms with E-state index in [0.717, 1.165) is 19.5 Å². The number of nitrogens with zero attached hydrogens (tertiary/aromatic N) is 1. The second-order valence-corrected chi connectivity index (χ2v) is 3.96. The van der Waals surface area contributed by atoms with Gasteiger partial charge in [0.15, 0.2) is 0 Å². The zero-order chi connectivity index (χ0) is 9.68. The zero-order valence-corrected chi connectivity index (χ0v) is 9.05. The van der Waals surface area contributed by atoms with Crippen molar-refractivity contribution < 1.29 is 4.74 Å². The third-order valence-corrected chi connectivity index (χ3v) is 2.65. The highest BCUT2D eigenvalue weighted by atomic mass is 16.5. The molecular formula is C10H22N2O. The number of nitrogens with one attached hydrogen (secondary N) is 1. The molecule has 0 radical (unpaired) electrons. The van der Waals surface area contributed by atoms with E-state index in [1.807, 2.05) is 0 Å². The smallest absolute Gasteiger partial charge is 0.0711 e. The van der Waals surface area contributed by atoms with Crippen LogP contribution >= 0.6 is 0 Å². The predicted octanol–water partition coefficient (Wildman–Crippen LogP) is 0.705. The van der Waals surface area contributed by atoms with Gasteiger partial charge in [0.2, 0.25) is 0 Å². The summed E-state index contributed by atoms with van der Waals surface area (Å²) in [6.45, 7) is 5.57. The first-order valence-electron chi connectivity index (χ1n) is 5.21. The van der Waals surface area contributed by atoms with E-state index >= 15 is 0 Å². The van der Waals surface area contributed by atoms with E-state index in [0.29, 0.717) is 12.1 Å². The second kappa shape index (κ2) is 5.58. The topological polar surface area (TPSA) is 24.5 Å². The minimum atomic E-state index is 0.431. The van der Waals surface area contributed by atoms with Gasteiger partial charge in [-0.3, -0.25) is 0 Å². The Morgan fingerprint density at radius 3 is 2.85 bits per heavy atom. The Morgan fingerprint density at radius 1 is 1.54 bits per heavy atom. The lowest BCUT2D eigenvalue weighted by molar-refractivity contribution is 0.116. The Kier molecular flexibility index (Phi) is 4.70. The summed E-state index contributed by atoms with van der Waals surface area (Å²) in [7, 11) is 3.98. The standard InChI is InChI=1S/C10H22N2O/c1-4-5-12(2)8-9-6-10(13-3)7-11-9/h9-11H,4-8H2,1-3H3. The van der Waals surface area contributed by atoms with Crippen molar-refractivity contribution in [1.29, 1.82) is 0 Å². The summed E-state index contributed by atoms with van der Waals surface area (Å²) in [5, 5.41) is 3.48. The van der Waals surface area contributed by atoms with Gasteiger partial charge in [-0.25, -0.2) is 0 Å². The maximum atomic E-state index is 5.30. The fraction of sp³-hybridized carbons (Fsp3) is 1.00. The molecule has 0 amide bonds. The average molecular weight is 186 g/mol. The number of methoxy groups -OCH3 is 1. The van der Waals surface area contributed by atoms with Gasteiger partial charge in [0.05, 0.1) is 6.10 Å². The van der Waals surface area contributed by atoms with Crippen molar-refractivity contribution in [2.45, 2.75) is 31.9 Å². The summed E-state index contributed by atoms with van der Waals surface area (Å²) in [5.41, 5.74) is 0. The average Bonchev–Trinajstić information content (AvgIpc) is 2.52. The molecule has 0 aromatic carbocycles. The van der Waals surface area contributed by atoms with Crippen LogP contribution in [0, 0.1) is 0 Å². The molecule has 13 heavy (non-hydrogen) atoms. The fourth-order valence-electron chi connectivity index (χ4n) is 1.95. The minimum Gasteiger partial charge on any atom is -0.380 e. The van der Waals surface area contributed by atoms with Crippen LogP contribution in [0.3, 0.4) is 0 Å². The van der Waals surface area contributed by atoms with E-state index in [9.17, 15) is 0 Å². The third-order valence-electron chi connectivity index (χ3n) is 2.65. The van der Waals surface area contributed by atoms with Crippen molar-refractivity contribution in [2.75, 3.05) is 33.8 Å². The summed E-state index contributed by atoms with van der Waals surface area (Å²) < 4.78 is 5.30. The number of ether oxygens (including phenoxy) is 1. The molecule has 1 aliphatic rings. The monoisotopic (exact) mass is 186 g/mol. The first kappa shape index (κ1) is 11.0. The van der Waals surface area contributed by atoms with Gasteiger partial charge in [-0.1, -0.05) is 6.92 Å². The van der Waals surface area contributed by atoms with Crippen molar-refractivity contribution in [3.05, 3.63) is 0 Å². The van der Waals surface area contributed by atoms with Gasteiger partial charge in [0.25, 0.3) is 0 Å². The molecule has 1 saturated heterocycles. The van der Waals surface area contributed by atoms with Gasteiger partial charge in [-0.2, -0.15) is 0 Å². The molecule has 2 atom stereocenters. The van der Waals surface area contributed by atoms with Crippen LogP contribution in [0.2, 0.25) is 0 Å². The van der Waals surface area contributed by atoms with Gasteiger partial charge < -0.3 is 15.0 Å². The number of hydrogen-bond acceptors (Lipinski definition) is 3. The molecule has 0 spiro atoms. The number of likely N-dealkylation sites (N-methyl/N-ethyl adjacent to an activating group) is 1. The first-order chi connectivity index (χ1) is 6.26. The molecule has 3 nitrogen and oxygen atoms in total. The van der Waals surface area contributed by atoms with Crippen LogP contribution in [0.4, 0.5) is 0 Å². The molecule has 78 valence electrons. The van der Waals surface area contributed by atoms with E-state index in [-0.39, 0.29) is 0 Å². The van der Waals surface area contributed by atoms with Crippen molar-refractivity contribution in [1.82, 2.24) is 10.2 Å². The molecule has 0 aromatic rings. The molecule has 0 saturated carbocycles. The Labute approximate surface area is 81.4 Å². The Bertz CT molecular complexity index is 141. The van der Waals surface area contributed by atoms with Crippen LogP contribution in [-0.4, -0.2) is 50.8 Å². The minimum absolute atomic E-state index is 0.431. The molecule has 1 rings (SSSR count). The largest absolute Gasteiger partial charge is 0.380 e. The molecule has 0 aromatic heterocycles. The van der Waals surface area contributed by atoms with Gasteiger partial charge in [0.1, 0.15) is 0 Å². The first-order valence-corrected chi connectivity index (χ1v) is 5.21. The van der Waals surface area contributed by atoms with Gasteiger partial charge in [0, 0.05) is 26.2 Å². The SMILES string of the molecule is CCCN(C)CC1CC(OC)CN1. The summed E-state index contributed by atoms with van der Waals surface area (Å²) in [4.78, 5) is 2.38. The van der Waals surface area contributed by atoms with E-state index in [1.54, 1.807) is 7.11 Å². The van der Waals surface area contributed by atoms with Crippen molar-refractivity contribution in [3.63, 3.8) is 0 Å². The molecule has 1 heterocycles. The predicted molar refractivity (Wildman–Crippen MR) is 55.0 cm³/mol.